The van der Waals surface area contributed by atoms with Gasteiger partial charge in [-0.15, -0.1) is 0 Å². The Morgan fingerprint density at radius 3 is 1.88 bits per heavy atom. The van der Waals surface area contributed by atoms with Crippen LogP contribution in [-0.2, 0) is 23.7 Å². The third-order valence-electron chi connectivity index (χ3n) is 5.47. The number of rotatable bonds is 16. The standard InChI is InChI=1S/C21H40O5/c1-2-21(18-25-19-21)17-24-15-7-13-22-11-6-12-23-14-8-16-26-20-9-4-3-5-10-20/h20H,2-19H2,1H3. The largest absolute Gasteiger partial charge is 0.381 e. The number of hydrogen-bond acceptors (Lipinski definition) is 5. The summed E-state index contributed by atoms with van der Waals surface area (Å²) in [5.74, 6) is 0. The molecule has 0 aromatic rings. The molecular weight excluding hydrogens is 332 g/mol. The molecule has 2 aliphatic rings. The minimum absolute atomic E-state index is 0.291. The molecule has 5 nitrogen and oxygen atoms in total. The number of hydrogen-bond donors (Lipinski definition) is 0. The van der Waals surface area contributed by atoms with Gasteiger partial charge < -0.3 is 23.7 Å². The minimum Gasteiger partial charge on any atom is -0.381 e. The summed E-state index contributed by atoms with van der Waals surface area (Å²) in [6.07, 6.45) is 11.1. The van der Waals surface area contributed by atoms with Crippen LogP contribution in [0.25, 0.3) is 0 Å². The highest BCUT2D eigenvalue weighted by atomic mass is 16.5. The van der Waals surface area contributed by atoms with Gasteiger partial charge in [-0.2, -0.15) is 0 Å². The molecule has 2 fully saturated rings. The highest BCUT2D eigenvalue weighted by molar-refractivity contribution is 4.83. The molecule has 0 N–H and O–H groups in total. The van der Waals surface area contributed by atoms with Gasteiger partial charge in [0, 0.05) is 45.1 Å². The van der Waals surface area contributed by atoms with Crippen molar-refractivity contribution in [2.75, 3.05) is 59.5 Å². The average molecular weight is 373 g/mol. The summed E-state index contributed by atoms with van der Waals surface area (Å²) in [4.78, 5) is 0. The first kappa shape index (κ1) is 22.1. The van der Waals surface area contributed by atoms with Crippen LogP contribution in [-0.4, -0.2) is 65.6 Å². The first-order valence-electron chi connectivity index (χ1n) is 10.8. The van der Waals surface area contributed by atoms with Crippen molar-refractivity contribution in [1.82, 2.24) is 0 Å². The summed E-state index contributed by atoms with van der Waals surface area (Å²) in [6.45, 7) is 9.46. The Kier molecular flexibility index (Phi) is 11.8. The molecule has 0 aromatic heterocycles. The van der Waals surface area contributed by atoms with E-state index in [1.54, 1.807) is 0 Å². The maximum Gasteiger partial charge on any atom is 0.0575 e. The summed E-state index contributed by atoms with van der Waals surface area (Å²) in [5.41, 5.74) is 0.291. The van der Waals surface area contributed by atoms with Crippen LogP contribution in [0, 0.1) is 5.41 Å². The Labute approximate surface area is 160 Å². The highest BCUT2D eigenvalue weighted by Crippen LogP contribution is 2.31. The Morgan fingerprint density at radius 2 is 1.35 bits per heavy atom. The second kappa shape index (κ2) is 13.9. The monoisotopic (exact) mass is 372 g/mol. The lowest BCUT2D eigenvalue weighted by molar-refractivity contribution is -0.150. The molecule has 2 rings (SSSR count). The third-order valence-corrected chi connectivity index (χ3v) is 5.47. The van der Waals surface area contributed by atoms with E-state index in [-0.39, 0.29) is 0 Å². The molecule has 1 saturated heterocycles. The van der Waals surface area contributed by atoms with Crippen molar-refractivity contribution in [2.45, 2.75) is 70.8 Å². The van der Waals surface area contributed by atoms with Gasteiger partial charge in [-0.25, -0.2) is 0 Å². The van der Waals surface area contributed by atoms with E-state index >= 15 is 0 Å². The quantitative estimate of drug-likeness (QED) is 0.384. The van der Waals surface area contributed by atoms with Crippen LogP contribution in [0.3, 0.4) is 0 Å². The Morgan fingerprint density at radius 1 is 0.769 bits per heavy atom. The molecule has 0 unspecified atom stereocenters. The molecule has 0 amide bonds. The molecule has 1 aliphatic heterocycles. The van der Waals surface area contributed by atoms with Gasteiger partial charge in [-0.3, -0.25) is 0 Å². The van der Waals surface area contributed by atoms with Gasteiger partial charge in [0.1, 0.15) is 0 Å². The molecule has 0 aromatic carbocycles. The SMILES string of the molecule is CCC1(COCCCOCCCOCCCOC2CCCCC2)COC1. The van der Waals surface area contributed by atoms with Crippen molar-refractivity contribution in [1.29, 1.82) is 0 Å². The fourth-order valence-electron chi connectivity index (χ4n) is 3.44. The minimum atomic E-state index is 0.291. The van der Waals surface area contributed by atoms with Crippen LogP contribution in [0.4, 0.5) is 0 Å². The lowest BCUT2D eigenvalue weighted by Crippen LogP contribution is -2.45. The molecule has 0 spiro atoms. The normalized spacial score (nSPS) is 20.2. The fourth-order valence-corrected chi connectivity index (χ4v) is 3.44. The van der Waals surface area contributed by atoms with Crippen LogP contribution in [0.1, 0.15) is 64.7 Å². The van der Waals surface area contributed by atoms with Gasteiger partial charge in [0.2, 0.25) is 0 Å². The van der Waals surface area contributed by atoms with Crippen molar-refractivity contribution in [3.63, 3.8) is 0 Å². The van der Waals surface area contributed by atoms with Gasteiger partial charge in [-0.1, -0.05) is 26.2 Å². The first-order chi connectivity index (χ1) is 12.8. The lowest BCUT2D eigenvalue weighted by atomic mass is 9.84. The van der Waals surface area contributed by atoms with Crippen molar-refractivity contribution in [2.24, 2.45) is 5.41 Å². The van der Waals surface area contributed by atoms with Crippen LogP contribution >= 0.6 is 0 Å². The zero-order chi connectivity index (χ0) is 18.3. The number of ether oxygens (including phenoxy) is 5. The van der Waals surface area contributed by atoms with Crippen molar-refractivity contribution in [3.05, 3.63) is 0 Å². The van der Waals surface area contributed by atoms with Gasteiger partial charge in [0.15, 0.2) is 0 Å². The van der Waals surface area contributed by atoms with Crippen LogP contribution in [0.5, 0.6) is 0 Å². The van der Waals surface area contributed by atoms with Gasteiger partial charge in [-0.05, 0) is 38.5 Å². The maximum atomic E-state index is 5.89. The molecule has 26 heavy (non-hydrogen) atoms. The zero-order valence-corrected chi connectivity index (χ0v) is 16.8. The summed E-state index contributed by atoms with van der Waals surface area (Å²) in [6, 6.07) is 0. The lowest BCUT2D eigenvalue weighted by Gasteiger charge is -2.40. The molecule has 154 valence electrons. The summed E-state index contributed by atoms with van der Waals surface area (Å²) < 4.78 is 28.2. The summed E-state index contributed by atoms with van der Waals surface area (Å²) in [5, 5.41) is 0. The maximum absolute atomic E-state index is 5.89. The predicted molar refractivity (Wildman–Crippen MR) is 103 cm³/mol. The van der Waals surface area contributed by atoms with Crippen LogP contribution < -0.4 is 0 Å². The fraction of sp³-hybridized carbons (Fsp3) is 1.00. The second-order valence-corrected chi connectivity index (χ2v) is 7.82. The molecule has 5 heteroatoms. The molecular formula is C21H40O5. The summed E-state index contributed by atoms with van der Waals surface area (Å²) in [7, 11) is 0. The third kappa shape index (κ3) is 9.14. The molecule has 1 heterocycles. The second-order valence-electron chi connectivity index (χ2n) is 7.82. The Balaban J connectivity index is 1.24. The molecule has 0 atom stereocenters. The van der Waals surface area contributed by atoms with E-state index in [9.17, 15) is 0 Å². The van der Waals surface area contributed by atoms with Crippen LogP contribution in [0.15, 0.2) is 0 Å². The van der Waals surface area contributed by atoms with Crippen molar-refractivity contribution in [3.8, 4) is 0 Å². The molecule has 0 bridgehead atoms. The zero-order valence-electron chi connectivity index (χ0n) is 16.8. The van der Waals surface area contributed by atoms with E-state index in [2.05, 4.69) is 6.92 Å². The molecule has 1 saturated carbocycles. The Hall–Kier alpha value is -0.200. The van der Waals surface area contributed by atoms with E-state index in [0.717, 1.165) is 85.1 Å². The predicted octanol–water partition coefficient (Wildman–Crippen LogP) is 3.98. The van der Waals surface area contributed by atoms with E-state index in [0.29, 0.717) is 11.5 Å². The van der Waals surface area contributed by atoms with Crippen molar-refractivity contribution >= 4 is 0 Å². The van der Waals surface area contributed by atoms with E-state index in [4.69, 9.17) is 23.7 Å². The van der Waals surface area contributed by atoms with Crippen LogP contribution in [0.2, 0.25) is 0 Å². The van der Waals surface area contributed by atoms with E-state index < -0.39 is 0 Å². The topological polar surface area (TPSA) is 46.2 Å². The van der Waals surface area contributed by atoms with E-state index in [1.807, 2.05) is 0 Å². The Bertz CT molecular complexity index is 321. The molecule has 0 radical (unpaired) electrons. The van der Waals surface area contributed by atoms with Gasteiger partial charge >= 0.3 is 0 Å². The highest BCUT2D eigenvalue weighted by Gasteiger charge is 2.36. The smallest absolute Gasteiger partial charge is 0.0575 e. The van der Waals surface area contributed by atoms with Gasteiger partial charge in [0.05, 0.1) is 25.9 Å². The van der Waals surface area contributed by atoms with E-state index in [1.165, 1.54) is 32.1 Å². The molecule has 1 aliphatic carbocycles. The van der Waals surface area contributed by atoms with Crippen molar-refractivity contribution < 1.29 is 23.7 Å². The average Bonchev–Trinajstić information content (AvgIpc) is 2.64. The first-order valence-corrected chi connectivity index (χ1v) is 10.8. The summed E-state index contributed by atoms with van der Waals surface area (Å²) >= 11 is 0. The van der Waals surface area contributed by atoms with Gasteiger partial charge in [0.25, 0.3) is 0 Å².